The minimum atomic E-state index is -0.828. The minimum Gasteiger partial charge on any atom is -0.484 e. The molecule has 6 nitrogen and oxygen atoms in total. The molecule has 138 valence electrons. The van der Waals surface area contributed by atoms with Crippen LogP contribution in [-0.2, 0) is 9.59 Å². The molecule has 0 saturated heterocycles. The van der Waals surface area contributed by atoms with E-state index in [-0.39, 0.29) is 6.61 Å². The normalized spacial score (nSPS) is 11.4. The van der Waals surface area contributed by atoms with Crippen LogP contribution in [0.3, 0.4) is 0 Å². The van der Waals surface area contributed by atoms with Crippen molar-refractivity contribution in [1.29, 1.82) is 0 Å². The smallest absolute Gasteiger partial charge is 0.279 e. The summed E-state index contributed by atoms with van der Waals surface area (Å²) < 4.78 is 11.5. The summed E-state index contributed by atoms with van der Waals surface area (Å²) in [6.45, 7) is 3.26. The van der Waals surface area contributed by atoms with Gasteiger partial charge in [-0.25, -0.2) is 0 Å². The maximum atomic E-state index is 12.0. The Morgan fingerprint density at radius 3 is 2.65 bits per heavy atom. The van der Waals surface area contributed by atoms with Gasteiger partial charge in [-0.05, 0) is 65.7 Å². The van der Waals surface area contributed by atoms with Gasteiger partial charge in [-0.15, -0.1) is 0 Å². The molecule has 0 aliphatic carbocycles. The molecule has 0 aliphatic heterocycles. The molecule has 0 radical (unpaired) electrons. The Kier molecular flexibility index (Phi) is 7.29. The molecule has 1 atom stereocenters. The number of halogens is 2. The lowest BCUT2D eigenvalue weighted by Gasteiger charge is -2.16. The van der Waals surface area contributed by atoms with Crippen molar-refractivity contribution in [3.8, 4) is 11.5 Å². The Morgan fingerprint density at radius 2 is 1.96 bits per heavy atom. The number of nitrogens with one attached hydrogen (secondary N) is 2. The third kappa shape index (κ3) is 6.24. The molecule has 8 heteroatoms. The Balaban J connectivity index is 1.77. The van der Waals surface area contributed by atoms with Gasteiger partial charge in [-0.3, -0.25) is 20.4 Å². The van der Waals surface area contributed by atoms with Crippen LogP contribution in [0.2, 0.25) is 5.02 Å². The number of benzene rings is 2. The Bertz CT molecular complexity index is 801. The van der Waals surface area contributed by atoms with Crippen molar-refractivity contribution in [2.75, 3.05) is 6.61 Å². The Morgan fingerprint density at radius 1 is 1.19 bits per heavy atom. The molecule has 0 aliphatic rings. The van der Waals surface area contributed by atoms with Gasteiger partial charge in [-0.1, -0.05) is 23.7 Å². The number of hydrogen-bond donors (Lipinski definition) is 2. The van der Waals surface area contributed by atoms with Crippen molar-refractivity contribution in [2.24, 2.45) is 0 Å². The van der Waals surface area contributed by atoms with E-state index in [1.807, 2.05) is 25.1 Å². The predicted molar refractivity (Wildman–Crippen MR) is 102 cm³/mol. The molecule has 0 bridgehead atoms. The van der Waals surface area contributed by atoms with Crippen LogP contribution in [0.15, 0.2) is 46.9 Å². The van der Waals surface area contributed by atoms with Crippen LogP contribution >= 0.6 is 27.5 Å². The second kappa shape index (κ2) is 9.45. The monoisotopic (exact) mass is 440 g/mol. The van der Waals surface area contributed by atoms with Crippen LogP contribution in [0.1, 0.15) is 12.5 Å². The first-order valence-corrected chi connectivity index (χ1v) is 8.92. The molecular weight excluding hydrogens is 424 g/mol. The van der Waals surface area contributed by atoms with Crippen LogP contribution < -0.4 is 20.3 Å². The third-order valence-corrected chi connectivity index (χ3v) is 4.11. The summed E-state index contributed by atoms with van der Waals surface area (Å²) in [4.78, 5) is 23.8. The molecule has 2 rings (SSSR count). The van der Waals surface area contributed by atoms with Gasteiger partial charge in [0, 0.05) is 5.02 Å². The van der Waals surface area contributed by atoms with Crippen LogP contribution in [0, 0.1) is 6.92 Å². The minimum absolute atomic E-state index is 0.221. The molecule has 0 fully saturated rings. The van der Waals surface area contributed by atoms with E-state index in [9.17, 15) is 9.59 Å². The maximum absolute atomic E-state index is 12.0. The Hall–Kier alpha value is -2.25. The molecule has 1 unspecified atom stereocenters. The molecule has 2 aromatic carbocycles. The first-order chi connectivity index (χ1) is 12.3. The van der Waals surface area contributed by atoms with E-state index in [0.717, 1.165) is 5.56 Å². The number of rotatable bonds is 6. The molecule has 2 amide bonds. The molecule has 0 heterocycles. The van der Waals surface area contributed by atoms with Crippen molar-refractivity contribution in [2.45, 2.75) is 20.0 Å². The van der Waals surface area contributed by atoms with Crippen molar-refractivity contribution in [3.63, 3.8) is 0 Å². The average molecular weight is 442 g/mol. The van der Waals surface area contributed by atoms with Gasteiger partial charge >= 0.3 is 0 Å². The lowest BCUT2D eigenvalue weighted by atomic mass is 10.2. The maximum Gasteiger partial charge on any atom is 0.279 e. The van der Waals surface area contributed by atoms with Gasteiger partial charge in [-0.2, -0.15) is 0 Å². The summed E-state index contributed by atoms with van der Waals surface area (Å²) in [5.74, 6) is 0.0532. The van der Waals surface area contributed by atoms with E-state index in [4.69, 9.17) is 21.1 Å². The lowest BCUT2D eigenvalue weighted by Crippen LogP contribution is -2.48. The van der Waals surface area contributed by atoms with Gasteiger partial charge in [0.15, 0.2) is 12.7 Å². The number of ether oxygens (including phenoxy) is 2. The number of carbonyl (C=O) groups is 2. The van der Waals surface area contributed by atoms with Gasteiger partial charge in [0.2, 0.25) is 0 Å². The number of aryl methyl sites for hydroxylation is 1. The summed E-state index contributed by atoms with van der Waals surface area (Å²) >= 11 is 9.17. The standard InChI is InChI=1S/C18H18BrClN2O4/c1-11-4-3-5-14(8-11)25-10-17(23)21-22-18(24)12(2)26-16-7-6-13(20)9-15(16)19/h3-9,12H,10H2,1-2H3,(H,21,23)(H,22,24). The zero-order valence-corrected chi connectivity index (χ0v) is 16.6. The predicted octanol–water partition coefficient (Wildman–Crippen LogP) is 3.40. The number of hydrogen-bond acceptors (Lipinski definition) is 4. The fourth-order valence-electron chi connectivity index (χ4n) is 1.94. The fourth-order valence-corrected chi connectivity index (χ4v) is 2.71. The molecule has 0 aromatic heterocycles. The van der Waals surface area contributed by atoms with Crippen LogP contribution in [0.4, 0.5) is 0 Å². The van der Waals surface area contributed by atoms with E-state index >= 15 is 0 Å². The van der Waals surface area contributed by atoms with E-state index in [2.05, 4.69) is 26.8 Å². The zero-order chi connectivity index (χ0) is 19.1. The van der Waals surface area contributed by atoms with E-state index in [1.165, 1.54) is 0 Å². The van der Waals surface area contributed by atoms with Crippen LogP contribution in [0.5, 0.6) is 11.5 Å². The van der Waals surface area contributed by atoms with E-state index in [0.29, 0.717) is 21.0 Å². The number of amides is 2. The summed E-state index contributed by atoms with van der Waals surface area (Å²) in [5, 5.41) is 0.544. The summed E-state index contributed by atoms with van der Waals surface area (Å²) in [7, 11) is 0. The number of hydrazine groups is 1. The molecule has 0 spiro atoms. The lowest BCUT2D eigenvalue weighted by molar-refractivity contribution is -0.133. The SMILES string of the molecule is Cc1cccc(OCC(=O)NNC(=O)C(C)Oc2ccc(Cl)cc2Br)c1. The van der Waals surface area contributed by atoms with E-state index in [1.54, 1.807) is 31.2 Å². The summed E-state index contributed by atoms with van der Waals surface area (Å²) in [6.07, 6.45) is -0.828. The van der Waals surface area contributed by atoms with Crippen LogP contribution in [-0.4, -0.2) is 24.5 Å². The quantitative estimate of drug-likeness (QED) is 0.674. The molecular formula is C18H18BrClN2O4. The third-order valence-electron chi connectivity index (χ3n) is 3.25. The highest BCUT2D eigenvalue weighted by atomic mass is 79.9. The average Bonchev–Trinajstić information content (AvgIpc) is 2.60. The highest BCUT2D eigenvalue weighted by molar-refractivity contribution is 9.10. The highest BCUT2D eigenvalue weighted by Gasteiger charge is 2.17. The van der Waals surface area contributed by atoms with Crippen molar-refractivity contribution in [3.05, 3.63) is 57.5 Å². The van der Waals surface area contributed by atoms with Gasteiger partial charge < -0.3 is 9.47 Å². The topological polar surface area (TPSA) is 76.7 Å². The largest absolute Gasteiger partial charge is 0.484 e. The second-order valence-electron chi connectivity index (χ2n) is 5.48. The molecule has 0 saturated carbocycles. The molecule has 2 aromatic rings. The second-order valence-corrected chi connectivity index (χ2v) is 6.77. The summed E-state index contributed by atoms with van der Waals surface area (Å²) in [6, 6.07) is 12.3. The fraction of sp³-hybridized carbons (Fsp3) is 0.222. The summed E-state index contributed by atoms with van der Waals surface area (Å²) in [5.41, 5.74) is 5.60. The van der Waals surface area contributed by atoms with Gasteiger partial charge in [0.25, 0.3) is 11.8 Å². The zero-order valence-electron chi connectivity index (χ0n) is 14.2. The van der Waals surface area contributed by atoms with Gasteiger partial charge in [0.05, 0.1) is 4.47 Å². The highest BCUT2D eigenvalue weighted by Crippen LogP contribution is 2.28. The first kappa shape index (κ1) is 20.1. The Labute approximate surface area is 164 Å². The van der Waals surface area contributed by atoms with E-state index < -0.39 is 17.9 Å². The first-order valence-electron chi connectivity index (χ1n) is 7.75. The van der Waals surface area contributed by atoms with Crippen molar-refractivity contribution in [1.82, 2.24) is 10.9 Å². The van der Waals surface area contributed by atoms with Gasteiger partial charge in [0.1, 0.15) is 11.5 Å². The van der Waals surface area contributed by atoms with Crippen LogP contribution in [0.25, 0.3) is 0 Å². The van der Waals surface area contributed by atoms with Crippen molar-refractivity contribution < 1.29 is 19.1 Å². The molecule has 26 heavy (non-hydrogen) atoms. The van der Waals surface area contributed by atoms with Crippen molar-refractivity contribution >= 4 is 39.3 Å². The number of carbonyl (C=O) groups excluding carboxylic acids is 2. The molecule has 2 N–H and O–H groups in total.